The molecule has 0 aliphatic rings. The van der Waals surface area contributed by atoms with Crippen LogP contribution in [0.15, 0.2) is 72.9 Å². The van der Waals surface area contributed by atoms with Gasteiger partial charge in [0.1, 0.15) is 13.2 Å². The number of carbonyl (C=O) groups excluding carboxylic acids is 3. The Morgan fingerprint density at radius 2 is 0.527 bits per heavy atom. The highest BCUT2D eigenvalue weighted by molar-refractivity contribution is 5.71. The van der Waals surface area contributed by atoms with Gasteiger partial charge in [-0.3, -0.25) is 14.4 Å². The predicted octanol–water partition coefficient (Wildman–Crippen LogP) is 21.7. The normalized spacial score (nSPS) is 12.5. The fourth-order valence-electron chi connectivity index (χ4n) is 9.17. The molecule has 1 unspecified atom stereocenters. The van der Waals surface area contributed by atoms with E-state index in [9.17, 15) is 14.4 Å². The van der Waals surface area contributed by atoms with Gasteiger partial charge in [0.05, 0.1) is 0 Å². The summed E-state index contributed by atoms with van der Waals surface area (Å²) in [5, 5.41) is 0. The molecule has 0 fully saturated rings. The van der Waals surface area contributed by atoms with E-state index in [0.717, 1.165) is 103 Å². The van der Waals surface area contributed by atoms with Crippen LogP contribution in [-0.2, 0) is 28.6 Å². The molecule has 0 rings (SSSR count). The second kappa shape index (κ2) is 62.4. The number of allylic oxidation sites excluding steroid dienone is 12. The van der Waals surface area contributed by atoms with Gasteiger partial charge in [0, 0.05) is 19.3 Å². The van der Waals surface area contributed by atoms with Gasteiger partial charge in [0.15, 0.2) is 6.10 Å². The lowest BCUT2D eigenvalue weighted by atomic mass is 10.0. The Kier molecular flexibility index (Phi) is 59.7. The third kappa shape index (κ3) is 59.7. The van der Waals surface area contributed by atoms with Gasteiger partial charge in [-0.2, -0.15) is 0 Å². The van der Waals surface area contributed by atoms with Gasteiger partial charge < -0.3 is 14.2 Å². The van der Waals surface area contributed by atoms with E-state index in [2.05, 4.69) is 93.7 Å². The molecule has 0 saturated carbocycles. The highest BCUT2D eigenvalue weighted by Gasteiger charge is 2.19. The van der Waals surface area contributed by atoms with Crippen LogP contribution in [0.4, 0.5) is 0 Å². The lowest BCUT2D eigenvalue weighted by molar-refractivity contribution is -0.167. The zero-order valence-corrected chi connectivity index (χ0v) is 49.1. The zero-order chi connectivity index (χ0) is 53.6. The maximum atomic E-state index is 12.9. The van der Waals surface area contributed by atoms with E-state index in [0.29, 0.717) is 19.3 Å². The Hall–Kier alpha value is -3.15. The van der Waals surface area contributed by atoms with E-state index in [1.165, 1.54) is 180 Å². The van der Waals surface area contributed by atoms with E-state index in [1.807, 2.05) is 0 Å². The molecule has 0 saturated heterocycles. The number of hydrogen-bond donors (Lipinski definition) is 0. The van der Waals surface area contributed by atoms with Gasteiger partial charge in [-0.05, 0) is 89.9 Å². The molecule has 0 amide bonds. The Labute approximate surface area is 459 Å². The predicted molar refractivity (Wildman–Crippen MR) is 321 cm³/mol. The zero-order valence-electron chi connectivity index (χ0n) is 49.1. The number of ether oxygens (including phenoxy) is 3. The molecule has 0 aromatic rings. The third-order valence-electron chi connectivity index (χ3n) is 13.9. The summed E-state index contributed by atoms with van der Waals surface area (Å²) in [6.07, 6.45) is 80.6. The van der Waals surface area contributed by atoms with Crippen molar-refractivity contribution in [2.24, 2.45) is 0 Å². The van der Waals surface area contributed by atoms with Crippen LogP contribution in [0.5, 0.6) is 0 Å². The number of unbranched alkanes of at least 4 members (excludes halogenated alkanes) is 35. The minimum absolute atomic E-state index is 0.0821. The number of rotatable bonds is 58. The fourth-order valence-corrected chi connectivity index (χ4v) is 9.17. The van der Waals surface area contributed by atoms with Crippen molar-refractivity contribution in [3.8, 4) is 0 Å². The van der Waals surface area contributed by atoms with Crippen molar-refractivity contribution in [2.45, 2.75) is 329 Å². The SMILES string of the molecule is CC/C=C\C/C=C\C/C=C\C/C=C\CCCCCCC(=O)OC(COC(=O)CCCCCCCCCCCCCC)COC(=O)CCCCCCCCCCCCCCCCC/C=C\C/C=C\CCCCCCC. The molecule has 1 atom stereocenters. The molecule has 0 bridgehead atoms. The summed E-state index contributed by atoms with van der Waals surface area (Å²) < 4.78 is 16.9. The van der Waals surface area contributed by atoms with Crippen LogP contribution in [0.2, 0.25) is 0 Å². The molecule has 0 spiro atoms. The number of hydrogen-bond acceptors (Lipinski definition) is 6. The highest BCUT2D eigenvalue weighted by atomic mass is 16.6. The maximum absolute atomic E-state index is 12.9. The van der Waals surface area contributed by atoms with Crippen molar-refractivity contribution >= 4 is 17.9 Å². The minimum atomic E-state index is -0.787. The lowest BCUT2D eigenvalue weighted by Crippen LogP contribution is -2.30. The van der Waals surface area contributed by atoms with Crippen molar-refractivity contribution < 1.29 is 28.6 Å². The molecule has 0 aliphatic carbocycles. The largest absolute Gasteiger partial charge is 0.462 e. The van der Waals surface area contributed by atoms with Crippen molar-refractivity contribution in [2.75, 3.05) is 13.2 Å². The van der Waals surface area contributed by atoms with E-state index in [-0.39, 0.29) is 31.1 Å². The summed E-state index contributed by atoms with van der Waals surface area (Å²) in [5.41, 5.74) is 0. The van der Waals surface area contributed by atoms with E-state index in [1.54, 1.807) is 0 Å². The van der Waals surface area contributed by atoms with Crippen molar-refractivity contribution in [3.63, 3.8) is 0 Å². The fraction of sp³-hybridized carbons (Fsp3) is 0.779. The van der Waals surface area contributed by atoms with Gasteiger partial charge in [-0.1, -0.05) is 286 Å². The Morgan fingerprint density at radius 1 is 0.284 bits per heavy atom. The Bertz CT molecular complexity index is 1370. The lowest BCUT2D eigenvalue weighted by Gasteiger charge is -2.18. The van der Waals surface area contributed by atoms with Crippen LogP contribution in [0.1, 0.15) is 323 Å². The summed E-state index contributed by atoms with van der Waals surface area (Å²) in [6, 6.07) is 0. The molecule has 0 aromatic heterocycles. The summed E-state index contributed by atoms with van der Waals surface area (Å²) >= 11 is 0. The molecule has 0 heterocycles. The number of esters is 3. The summed E-state index contributed by atoms with van der Waals surface area (Å²) in [7, 11) is 0. The molecule has 0 aromatic carbocycles. The minimum Gasteiger partial charge on any atom is -0.462 e. The molecule has 6 heteroatoms. The molecular weight excluding hydrogens is 913 g/mol. The van der Waals surface area contributed by atoms with E-state index < -0.39 is 6.10 Å². The molecule has 0 aliphatic heterocycles. The van der Waals surface area contributed by atoms with Crippen LogP contribution < -0.4 is 0 Å². The molecular formula is C68H120O6. The second-order valence-corrected chi connectivity index (χ2v) is 21.3. The molecule has 0 radical (unpaired) electrons. The second-order valence-electron chi connectivity index (χ2n) is 21.3. The van der Waals surface area contributed by atoms with Gasteiger partial charge in [0.25, 0.3) is 0 Å². The first kappa shape index (κ1) is 70.8. The van der Waals surface area contributed by atoms with E-state index >= 15 is 0 Å². The highest BCUT2D eigenvalue weighted by Crippen LogP contribution is 2.17. The Balaban J connectivity index is 4.25. The average molecular weight is 1030 g/mol. The first-order chi connectivity index (χ1) is 36.5. The van der Waals surface area contributed by atoms with Crippen LogP contribution in [0, 0.1) is 0 Å². The average Bonchev–Trinajstić information content (AvgIpc) is 3.40. The molecule has 0 N–H and O–H groups in total. The van der Waals surface area contributed by atoms with Crippen molar-refractivity contribution in [3.05, 3.63) is 72.9 Å². The standard InChI is InChI=1S/C68H120O6/c1-4-7-10-13-16-19-22-25-27-29-30-31-32-33-34-35-36-37-38-40-41-43-46-49-52-55-58-61-67(70)73-64-65(63-72-66(69)60-57-54-51-48-45-24-21-18-15-12-9-6-3)74-68(71)62-59-56-53-50-47-44-42-39-28-26-23-20-17-14-11-8-5-2/h8,11,17,20,22,25-26,28-30,42,44,65H,4-7,9-10,12-16,18-19,21,23-24,27,31-41,43,45-64H2,1-3H3/b11-8-,20-17-,25-22-,28-26-,30-29-,44-42-. The molecule has 428 valence electrons. The van der Waals surface area contributed by atoms with Crippen LogP contribution in [0.25, 0.3) is 0 Å². The Morgan fingerprint density at radius 3 is 0.824 bits per heavy atom. The van der Waals surface area contributed by atoms with Crippen molar-refractivity contribution in [1.82, 2.24) is 0 Å². The van der Waals surface area contributed by atoms with Gasteiger partial charge in [-0.25, -0.2) is 0 Å². The first-order valence-corrected chi connectivity index (χ1v) is 31.9. The quantitative estimate of drug-likeness (QED) is 0.0261. The first-order valence-electron chi connectivity index (χ1n) is 31.9. The number of carbonyl (C=O) groups is 3. The third-order valence-corrected chi connectivity index (χ3v) is 13.9. The topological polar surface area (TPSA) is 78.9 Å². The van der Waals surface area contributed by atoms with Crippen LogP contribution in [0.3, 0.4) is 0 Å². The summed E-state index contributed by atoms with van der Waals surface area (Å²) in [5.74, 6) is -0.892. The smallest absolute Gasteiger partial charge is 0.306 e. The van der Waals surface area contributed by atoms with Crippen LogP contribution >= 0.6 is 0 Å². The summed E-state index contributed by atoms with van der Waals surface area (Å²) in [6.45, 7) is 6.53. The maximum Gasteiger partial charge on any atom is 0.306 e. The molecule has 6 nitrogen and oxygen atoms in total. The van der Waals surface area contributed by atoms with Gasteiger partial charge in [-0.15, -0.1) is 0 Å². The molecule has 74 heavy (non-hydrogen) atoms. The van der Waals surface area contributed by atoms with Crippen molar-refractivity contribution in [1.29, 1.82) is 0 Å². The monoisotopic (exact) mass is 1030 g/mol. The van der Waals surface area contributed by atoms with E-state index in [4.69, 9.17) is 14.2 Å². The summed E-state index contributed by atoms with van der Waals surface area (Å²) in [4.78, 5) is 38.2. The van der Waals surface area contributed by atoms with Gasteiger partial charge in [0.2, 0.25) is 0 Å². The van der Waals surface area contributed by atoms with Crippen LogP contribution in [-0.4, -0.2) is 37.2 Å². The van der Waals surface area contributed by atoms with Gasteiger partial charge >= 0.3 is 17.9 Å².